The Bertz CT molecular complexity index is 320. The second-order valence-corrected chi connectivity index (χ2v) is 6.87. The van der Waals surface area contributed by atoms with E-state index >= 15 is 0 Å². The summed E-state index contributed by atoms with van der Waals surface area (Å²) in [4.78, 5) is 14.4. The van der Waals surface area contributed by atoms with Gasteiger partial charge in [0.25, 0.3) is 0 Å². The summed E-state index contributed by atoms with van der Waals surface area (Å²) >= 11 is 0. The molecule has 0 aromatic rings. The van der Waals surface area contributed by atoms with Crippen LogP contribution in [0.15, 0.2) is 0 Å². The Morgan fingerprint density at radius 2 is 1.94 bits per heavy atom. The largest absolute Gasteiger partial charge is 0.379 e. The maximum atomic E-state index is 12.0. The SMILES string of the molecule is CC1(C)CC1C(=O)NCC(C)(C)N1CCOCC1. The van der Waals surface area contributed by atoms with E-state index in [0.717, 1.165) is 39.3 Å². The zero-order chi connectivity index (χ0) is 13.4. The lowest BCUT2D eigenvalue weighted by Gasteiger charge is -2.40. The molecule has 2 fully saturated rings. The second-order valence-electron chi connectivity index (χ2n) is 6.87. The number of carbonyl (C=O) groups is 1. The minimum atomic E-state index is 0.0124. The van der Waals surface area contributed by atoms with E-state index in [9.17, 15) is 4.79 Å². The fourth-order valence-electron chi connectivity index (χ4n) is 2.62. The number of morpholine rings is 1. The number of nitrogens with one attached hydrogen (secondary N) is 1. The summed E-state index contributed by atoms with van der Waals surface area (Å²) in [7, 11) is 0. The number of ether oxygens (including phenoxy) is 1. The van der Waals surface area contributed by atoms with Crippen LogP contribution in [0.4, 0.5) is 0 Å². The molecule has 1 N–H and O–H groups in total. The quantitative estimate of drug-likeness (QED) is 0.821. The number of hydrogen-bond donors (Lipinski definition) is 1. The van der Waals surface area contributed by atoms with Crippen molar-refractivity contribution in [1.29, 1.82) is 0 Å². The highest BCUT2D eigenvalue weighted by Crippen LogP contribution is 2.51. The third-order valence-corrected chi connectivity index (χ3v) is 4.39. The van der Waals surface area contributed by atoms with Crippen molar-refractivity contribution in [3.05, 3.63) is 0 Å². The van der Waals surface area contributed by atoms with Crippen molar-refractivity contribution < 1.29 is 9.53 Å². The molecule has 18 heavy (non-hydrogen) atoms. The smallest absolute Gasteiger partial charge is 0.223 e. The van der Waals surface area contributed by atoms with E-state index in [0.29, 0.717) is 0 Å². The number of hydrogen-bond acceptors (Lipinski definition) is 3. The lowest BCUT2D eigenvalue weighted by molar-refractivity contribution is -0.123. The Morgan fingerprint density at radius 1 is 1.39 bits per heavy atom. The van der Waals surface area contributed by atoms with Crippen LogP contribution in [0.1, 0.15) is 34.1 Å². The van der Waals surface area contributed by atoms with Crippen LogP contribution in [-0.4, -0.2) is 49.2 Å². The number of amides is 1. The van der Waals surface area contributed by atoms with E-state index in [1.54, 1.807) is 0 Å². The fourth-order valence-corrected chi connectivity index (χ4v) is 2.62. The Kier molecular flexibility index (Phi) is 3.70. The first-order valence-electron chi connectivity index (χ1n) is 6.93. The number of nitrogens with zero attached hydrogens (tertiary/aromatic N) is 1. The molecule has 1 atom stereocenters. The van der Waals surface area contributed by atoms with Crippen LogP contribution in [0.2, 0.25) is 0 Å². The Labute approximate surface area is 110 Å². The van der Waals surface area contributed by atoms with Gasteiger partial charge in [-0.25, -0.2) is 0 Å². The zero-order valence-electron chi connectivity index (χ0n) is 12.1. The van der Waals surface area contributed by atoms with Gasteiger partial charge in [0, 0.05) is 31.1 Å². The monoisotopic (exact) mass is 254 g/mol. The molecule has 1 amide bonds. The molecular weight excluding hydrogens is 228 g/mol. The van der Waals surface area contributed by atoms with E-state index in [1.165, 1.54) is 0 Å². The van der Waals surface area contributed by atoms with E-state index in [1.807, 2.05) is 0 Å². The first-order valence-corrected chi connectivity index (χ1v) is 6.93. The predicted molar refractivity (Wildman–Crippen MR) is 71.4 cm³/mol. The van der Waals surface area contributed by atoms with Crippen LogP contribution in [0.3, 0.4) is 0 Å². The van der Waals surface area contributed by atoms with Gasteiger partial charge < -0.3 is 10.1 Å². The summed E-state index contributed by atoms with van der Waals surface area (Å²) in [5, 5.41) is 3.12. The van der Waals surface area contributed by atoms with Crippen LogP contribution in [0, 0.1) is 11.3 Å². The van der Waals surface area contributed by atoms with Gasteiger partial charge in [-0.2, -0.15) is 0 Å². The molecule has 2 rings (SSSR count). The second kappa shape index (κ2) is 4.82. The molecule has 1 aliphatic heterocycles. The van der Waals surface area contributed by atoms with E-state index in [-0.39, 0.29) is 22.8 Å². The molecule has 104 valence electrons. The summed E-state index contributed by atoms with van der Waals surface area (Å²) in [6.45, 7) is 12.9. The average Bonchev–Trinajstić information content (AvgIpc) is 2.97. The fraction of sp³-hybridized carbons (Fsp3) is 0.929. The van der Waals surface area contributed by atoms with E-state index in [4.69, 9.17) is 4.74 Å². The molecule has 0 bridgehead atoms. The van der Waals surface area contributed by atoms with Gasteiger partial charge in [0.2, 0.25) is 5.91 Å². The number of carbonyl (C=O) groups excluding carboxylic acids is 1. The van der Waals surface area contributed by atoms with Crippen LogP contribution in [0.5, 0.6) is 0 Å². The molecule has 4 nitrogen and oxygen atoms in total. The highest BCUT2D eigenvalue weighted by Gasteiger charge is 2.50. The van der Waals surface area contributed by atoms with Crippen molar-refractivity contribution in [3.63, 3.8) is 0 Å². The molecule has 1 unspecified atom stereocenters. The van der Waals surface area contributed by atoms with Gasteiger partial charge in [-0.1, -0.05) is 13.8 Å². The highest BCUT2D eigenvalue weighted by molar-refractivity contribution is 5.82. The highest BCUT2D eigenvalue weighted by atomic mass is 16.5. The lowest BCUT2D eigenvalue weighted by atomic mass is 10.0. The van der Waals surface area contributed by atoms with Crippen LogP contribution < -0.4 is 5.32 Å². The van der Waals surface area contributed by atoms with Crippen molar-refractivity contribution in [3.8, 4) is 0 Å². The van der Waals surface area contributed by atoms with Gasteiger partial charge in [-0.05, 0) is 25.7 Å². The Hall–Kier alpha value is -0.610. The summed E-state index contributed by atoms with van der Waals surface area (Å²) in [6, 6.07) is 0. The first kappa shape index (κ1) is 13.8. The summed E-state index contributed by atoms with van der Waals surface area (Å²) in [5.41, 5.74) is 0.228. The molecule has 4 heteroatoms. The van der Waals surface area contributed by atoms with Gasteiger partial charge in [-0.15, -0.1) is 0 Å². The Balaban J connectivity index is 1.79. The van der Waals surface area contributed by atoms with Gasteiger partial charge in [-0.3, -0.25) is 9.69 Å². The molecule has 1 aliphatic carbocycles. The third kappa shape index (κ3) is 3.04. The summed E-state index contributed by atoms with van der Waals surface area (Å²) in [5.74, 6) is 0.444. The summed E-state index contributed by atoms with van der Waals surface area (Å²) in [6.07, 6.45) is 1.02. The zero-order valence-corrected chi connectivity index (χ0v) is 12.1. The van der Waals surface area contributed by atoms with Gasteiger partial charge in [0.05, 0.1) is 13.2 Å². The van der Waals surface area contributed by atoms with Crippen LogP contribution >= 0.6 is 0 Å². The first-order chi connectivity index (χ1) is 8.33. The van der Waals surface area contributed by atoms with Gasteiger partial charge in [0.1, 0.15) is 0 Å². The van der Waals surface area contributed by atoms with Crippen molar-refractivity contribution >= 4 is 5.91 Å². The molecule has 1 saturated carbocycles. The third-order valence-electron chi connectivity index (χ3n) is 4.39. The molecule has 1 heterocycles. The van der Waals surface area contributed by atoms with Gasteiger partial charge >= 0.3 is 0 Å². The molecule has 0 spiro atoms. The van der Waals surface area contributed by atoms with E-state index in [2.05, 4.69) is 37.9 Å². The Morgan fingerprint density at radius 3 is 2.44 bits per heavy atom. The normalized spacial score (nSPS) is 27.9. The van der Waals surface area contributed by atoms with Crippen molar-refractivity contribution in [2.45, 2.75) is 39.7 Å². The molecular formula is C14H26N2O2. The molecule has 0 radical (unpaired) electrons. The van der Waals surface area contributed by atoms with Crippen LogP contribution in [-0.2, 0) is 9.53 Å². The van der Waals surface area contributed by atoms with Crippen LogP contribution in [0.25, 0.3) is 0 Å². The van der Waals surface area contributed by atoms with E-state index < -0.39 is 0 Å². The molecule has 2 aliphatic rings. The molecule has 0 aromatic heterocycles. The molecule has 0 aromatic carbocycles. The standard InChI is InChI=1S/C14H26N2O2/c1-13(2)9-11(13)12(17)15-10-14(3,4)16-5-7-18-8-6-16/h11H,5-10H2,1-4H3,(H,15,17). The average molecular weight is 254 g/mol. The molecule has 1 saturated heterocycles. The number of rotatable bonds is 4. The topological polar surface area (TPSA) is 41.6 Å². The van der Waals surface area contributed by atoms with Gasteiger partial charge in [0.15, 0.2) is 0 Å². The maximum Gasteiger partial charge on any atom is 0.223 e. The summed E-state index contributed by atoms with van der Waals surface area (Å²) < 4.78 is 5.37. The minimum absolute atomic E-state index is 0.0124. The van der Waals surface area contributed by atoms with Crippen molar-refractivity contribution in [2.24, 2.45) is 11.3 Å². The van der Waals surface area contributed by atoms with Crippen molar-refractivity contribution in [2.75, 3.05) is 32.8 Å². The lowest BCUT2D eigenvalue weighted by Crippen LogP contribution is -2.55. The maximum absolute atomic E-state index is 12.0. The predicted octanol–water partition coefficient (Wildman–Crippen LogP) is 1.26. The minimum Gasteiger partial charge on any atom is -0.379 e. The van der Waals surface area contributed by atoms with Crippen molar-refractivity contribution in [1.82, 2.24) is 10.2 Å².